The van der Waals surface area contributed by atoms with E-state index in [0.717, 1.165) is 11.4 Å². The molecule has 0 aliphatic rings. The predicted molar refractivity (Wildman–Crippen MR) is 55.8 cm³/mol. The molecule has 1 rings (SSSR count). The topological polar surface area (TPSA) is 25.8 Å². The van der Waals surface area contributed by atoms with Crippen LogP contribution in [0.1, 0.15) is 25.8 Å². The first-order chi connectivity index (χ1) is 5.50. The van der Waals surface area contributed by atoms with Crippen molar-refractivity contribution in [3.05, 3.63) is 11.3 Å². The van der Waals surface area contributed by atoms with Crippen molar-refractivity contribution in [1.29, 1.82) is 0 Å². The minimum Gasteiger partial charge on any atom is -0.228 e. The van der Waals surface area contributed by atoms with E-state index in [1.165, 1.54) is 11.5 Å². The molecule has 0 fully saturated rings. The van der Waals surface area contributed by atoms with E-state index in [-0.39, 0.29) is 5.41 Å². The molecule has 0 bridgehead atoms. The molecule has 0 amide bonds. The Morgan fingerprint density at radius 2 is 2.25 bits per heavy atom. The molecule has 1 atom stereocenters. The van der Waals surface area contributed by atoms with Gasteiger partial charge in [-0.25, -0.2) is 4.98 Å². The molecule has 1 unspecified atom stereocenters. The highest BCUT2D eigenvalue weighted by Gasteiger charge is 2.22. The van der Waals surface area contributed by atoms with E-state index in [1.807, 2.05) is 0 Å². The van der Waals surface area contributed by atoms with Crippen LogP contribution in [0.3, 0.4) is 0 Å². The van der Waals surface area contributed by atoms with Crippen LogP contribution in [-0.4, -0.2) is 14.2 Å². The second-order valence-electron chi connectivity index (χ2n) is 3.87. The van der Waals surface area contributed by atoms with Crippen molar-refractivity contribution in [3.63, 3.8) is 0 Å². The first-order valence-corrected chi connectivity index (χ1v) is 5.58. The number of nitrogens with zero attached hydrogens (tertiary/aromatic N) is 2. The summed E-state index contributed by atoms with van der Waals surface area (Å²) < 4.78 is 3.97. The van der Waals surface area contributed by atoms with Crippen molar-refractivity contribution < 1.29 is 0 Å². The van der Waals surface area contributed by atoms with E-state index in [9.17, 15) is 0 Å². The predicted octanol–water partition coefficient (Wildman–Crippen LogP) is 2.89. The number of rotatable bonds is 2. The largest absolute Gasteiger partial charge is 0.228 e. The maximum absolute atomic E-state index is 4.15. The number of halogens is 1. The third-order valence-corrected chi connectivity index (χ3v) is 4.08. The van der Waals surface area contributed by atoms with Crippen LogP contribution in [0.25, 0.3) is 0 Å². The van der Waals surface area contributed by atoms with Gasteiger partial charge in [-0.3, -0.25) is 0 Å². The highest BCUT2D eigenvalue weighted by atomic mass is 79.9. The molecule has 4 heteroatoms. The quantitative estimate of drug-likeness (QED) is 0.753. The molecule has 12 heavy (non-hydrogen) atoms. The average Bonchev–Trinajstić information content (AvgIpc) is 2.37. The van der Waals surface area contributed by atoms with E-state index in [0.29, 0.717) is 4.83 Å². The summed E-state index contributed by atoms with van der Waals surface area (Å²) in [7, 11) is 0. The Morgan fingerprint density at radius 1 is 1.58 bits per heavy atom. The third-order valence-electron chi connectivity index (χ3n) is 1.70. The number of hydrogen-bond acceptors (Lipinski definition) is 3. The molecule has 2 nitrogen and oxygen atoms in total. The number of aromatic nitrogens is 2. The molecule has 68 valence electrons. The van der Waals surface area contributed by atoms with Gasteiger partial charge in [0, 0.05) is 11.2 Å². The minimum atomic E-state index is 0.283. The Balaban J connectivity index is 2.53. The van der Waals surface area contributed by atoms with Crippen molar-refractivity contribution >= 4 is 27.5 Å². The fraction of sp³-hybridized carbons (Fsp3) is 0.750. The Kier molecular flexibility index (Phi) is 3.23. The molecule has 0 saturated heterocycles. The van der Waals surface area contributed by atoms with Crippen LogP contribution in [0.4, 0.5) is 0 Å². The van der Waals surface area contributed by atoms with Crippen LogP contribution in [0, 0.1) is 5.41 Å². The van der Waals surface area contributed by atoms with Crippen LogP contribution in [0.5, 0.6) is 0 Å². The zero-order valence-electron chi connectivity index (χ0n) is 7.54. The SMILES string of the molecule is CC(C)(C)C(Br)Cc1ncns1. The lowest BCUT2D eigenvalue weighted by Gasteiger charge is -2.24. The van der Waals surface area contributed by atoms with Gasteiger partial charge in [-0.2, -0.15) is 4.37 Å². The number of hydrogen-bond donors (Lipinski definition) is 0. The summed E-state index contributed by atoms with van der Waals surface area (Å²) >= 11 is 5.13. The van der Waals surface area contributed by atoms with Crippen molar-refractivity contribution in [3.8, 4) is 0 Å². The summed E-state index contributed by atoms with van der Waals surface area (Å²) in [5, 5.41) is 1.10. The molecule has 0 saturated carbocycles. The highest BCUT2D eigenvalue weighted by Crippen LogP contribution is 2.28. The van der Waals surface area contributed by atoms with Crippen LogP contribution in [0.15, 0.2) is 6.33 Å². The molecular weight excluding hydrogens is 236 g/mol. The fourth-order valence-corrected chi connectivity index (χ4v) is 1.82. The van der Waals surface area contributed by atoms with Gasteiger partial charge in [0.2, 0.25) is 0 Å². The van der Waals surface area contributed by atoms with Crippen molar-refractivity contribution in [2.45, 2.75) is 32.0 Å². The Labute approximate surface area is 85.7 Å². The summed E-state index contributed by atoms with van der Waals surface area (Å²) in [5.74, 6) is 0. The molecule has 0 aromatic carbocycles. The van der Waals surface area contributed by atoms with E-state index in [4.69, 9.17) is 0 Å². The summed E-state index contributed by atoms with van der Waals surface area (Å²) in [6, 6.07) is 0. The molecule has 1 aromatic heterocycles. The molecule has 1 aromatic rings. The lowest BCUT2D eigenvalue weighted by molar-refractivity contribution is 0.397. The molecular formula is C8H13BrN2S. The van der Waals surface area contributed by atoms with Gasteiger partial charge in [-0.1, -0.05) is 36.7 Å². The first kappa shape index (κ1) is 10.1. The lowest BCUT2D eigenvalue weighted by atomic mass is 9.90. The molecule has 0 spiro atoms. The van der Waals surface area contributed by atoms with Crippen LogP contribution < -0.4 is 0 Å². The Hall–Kier alpha value is 0.0400. The van der Waals surface area contributed by atoms with Crippen molar-refractivity contribution in [2.24, 2.45) is 5.41 Å². The first-order valence-electron chi connectivity index (χ1n) is 3.90. The molecule has 0 N–H and O–H groups in total. The maximum Gasteiger partial charge on any atom is 0.129 e. The van der Waals surface area contributed by atoms with Gasteiger partial charge in [0.1, 0.15) is 11.3 Å². The third kappa shape index (κ3) is 2.83. The van der Waals surface area contributed by atoms with Gasteiger partial charge in [0.05, 0.1) is 0 Å². The van der Waals surface area contributed by atoms with E-state index in [2.05, 4.69) is 46.1 Å². The smallest absolute Gasteiger partial charge is 0.129 e. The fourth-order valence-electron chi connectivity index (χ4n) is 0.745. The van der Waals surface area contributed by atoms with Crippen LogP contribution >= 0.6 is 27.5 Å². The Bertz CT molecular complexity index is 228. The molecule has 0 aliphatic heterocycles. The summed E-state index contributed by atoms with van der Waals surface area (Å²) in [4.78, 5) is 4.62. The van der Waals surface area contributed by atoms with Crippen molar-refractivity contribution in [2.75, 3.05) is 0 Å². The molecule has 0 radical (unpaired) electrons. The van der Waals surface area contributed by atoms with E-state index < -0.39 is 0 Å². The second kappa shape index (κ2) is 3.83. The summed E-state index contributed by atoms with van der Waals surface area (Å²) in [6.45, 7) is 6.65. The van der Waals surface area contributed by atoms with Gasteiger partial charge >= 0.3 is 0 Å². The zero-order valence-corrected chi connectivity index (χ0v) is 9.94. The van der Waals surface area contributed by atoms with Crippen molar-refractivity contribution in [1.82, 2.24) is 9.36 Å². The molecule has 1 heterocycles. The highest BCUT2D eigenvalue weighted by molar-refractivity contribution is 9.09. The summed E-state index contributed by atoms with van der Waals surface area (Å²) in [6.07, 6.45) is 2.58. The van der Waals surface area contributed by atoms with Crippen LogP contribution in [0.2, 0.25) is 0 Å². The second-order valence-corrected chi connectivity index (χ2v) is 5.84. The maximum atomic E-state index is 4.15. The number of alkyl halides is 1. The summed E-state index contributed by atoms with van der Waals surface area (Å²) in [5.41, 5.74) is 0.283. The molecule has 0 aliphatic carbocycles. The van der Waals surface area contributed by atoms with E-state index in [1.54, 1.807) is 6.33 Å². The average molecular weight is 249 g/mol. The van der Waals surface area contributed by atoms with Gasteiger partial charge in [0.15, 0.2) is 0 Å². The van der Waals surface area contributed by atoms with Gasteiger partial charge in [0.25, 0.3) is 0 Å². The van der Waals surface area contributed by atoms with Crippen LogP contribution in [-0.2, 0) is 6.42 Å². The zero-order chi connectivity index (χ0) is 9.19. The van der Waals surface area contributed by atoms with Gasteiger partial charge < -0.3 is 0 Å². The standard InChI is InChI=1S/C8H13BrN2S/c1-8(2,3)6(9)4-7-10-5-11-12-7/h5-6H,4H2,1-3H3. The van der Waals surface area contributed by atoms with E-state index >= 15 is 0 Å². The normalized spacial score (nSPS) is 14.7. The van der Waals surface area contributed by atoms with Gasteiger partial charge in [-0.15, -0.1) is 0 Å². The van der Waals surface area contributed by atoms with Gasteiger partial charge in [-0.05, 0) is 16.9 Å². The Morgan fingerprint density at radius 3 is 2.67 bits per heavy atom. The minimum absolute atomic E-state index is 0.283. The lowest BCUT2D eigenvalue weighted by Crippen LogP contribution is -2.22. The monoisotopic (exact) mass is 248 g/mol.